The quantitative estimate of drug-likeness (QED) is 0.700. The number of pyridine rings is 2. The van der Waals surface area contributed by atoms with Crippen molar-refractivity contribution in [2.45, 2.75) is 12.7 Å². The van der Waals surface area contributed by atoms with E-state index in [1.807, 2.05) is 0 Å². The molecule has 0 saturated heterocycles. The van der Waals surface area contributed by atoms with Crippen LogP contribution < -0.4 is 5.32 Å². The van der Waals surface area contributed by atoms with Gasteiger partial charge in [0.1, 0.15) is 5.69 Å². The number of nitrogens with one attached hydrogen (secondary N) is 2. The molecule has 0 aliphatic rings. The van der Waals surface area contributed by atoms with Crippen LogP contribution in [0.5, 0.6) is 0 Å². The lowest BCUT2D eigenvalue weighted by atomic mass is 10.1. The number of aromatic nitrogens is 5. The number of rotatable bonds is 4. The fourth-order valence-corrected chi connectivity index (χ4v) is 2.19. The molecule has 3 heterocycles. The van der Waals surface area contributed by atoms with Crippen molar-refractivity contribution in [3.05, 3.63) is 52.7 Å². The zero-order valence-electron chi connectivity index (χ0n) is 12.0. The summed E-state index contributed by atoms with van der Waals surface area (Å²) in [6.07, 6.45) is -2.99. The molecule has 0 aliphatic carbocycles. The van der Waals surface area contributed by atoms with E-state index in [0.717, 1.165) is 6.07 Å². The highest BCUT2D eigenvalue weighted by Gasteiger charge is 2.32. The number of hydrogen-bond donors (Lipinski definition) is 2. The molecule has 3 aromatic rings. The summed E-state index contributed by atoms with van der Waals surface area (Å²) in [7, 11) is 0. The van der Waals surface area contributed by atoms with Crippen LogP contribution in [0.4, 0.5) is 19.1 Å². The van der Waals surface area contributed by atoms with Crippen molar-refractivity contribution in [3.8, 4) is 11.3 Å². The average Bonchev–Trinajstić information content (AvgIpc) is 2.98. The highest BCUT2D eigenvalue weighted by atomic mass is 79.9. The Balaban J connectivity index is 1.72. The molecule has 3 rings (SSSR count). The molecular weight excluding hydrogens is 389 g/mol. The largest absolute Gasteiger partial charge is 0.433 e. The van der Waals surface area contributed by atoms with Gasteiger partial charge in [-0.3, -0.25) is 4.98 Å². The normalized spacial score (nSPS) is 11.5. The molecule has 24 heavy (non-hydrogen) atoms. The lowest BCUT2D eigenvalue weighted by Gasteiger charge is -2.08. The number of nitrogens with zero attached hydrogens (tertiary/aromatic N) is 4. The SMILES string of the molecule is FC(F)(F)c1cccc(-c2ccc(CNc3nc(Br)n[nH]3)nc2)n1. The Labute approximate surface area is 142 Å². The first-order valence-corrected chi connectivity index (χ1v) is 7.52. The van der Waals surface area contributed by atoms with Crippen LogP contribution in [0, 0.1) is 0 Å². The van der Waals surface area contributed by atoms with E-state index >= 15 is 0 Å². The average molecular weight is 399 g/mol. The molecule has 0 spiro atoms. The van der Waals surface area contributed by atoms with Crippen LogP contribution in [-0.4, -0.2) is 25.1 Å². The summed E-state index contributed by atoms with van der Waals surface area (Å²) in [5.41, 5.74) is 0.489. The lowest BCUT2D eigenvalue weighted by molar-refractivity contribution is -0.141. The Morgan fingerprint density at radius 3 is 2.58 bits per heavy atom. The predicted octanol–water partition coefficient (Wildman–Crippen LogP) is 3.66. The molecule has 0 fully saturated rings. The van der Waals surface area contributed by atoms with Gasteiger partial charge in [0.05, 0.1) is 17.9 Å². The minimum Gasteiger partial charge on any atom is -0.349 e. The minimum absolute atomic E-state index is 0.219. The van der Waals surface area contributed by atoms with Crippen molar-refractivity contribution >= 4 is 21.9 Å². The second-order valence-electron chi connectivity index (χ2n) is 4.75. The highest BCUT2D eigenvalue weighted by Crippen LogP contribution is 2.29. The number of halogens is 4. The van der Waals surface area contributed by atoms with Gasteiger partial charge in [0.15, 0.2) is 0 Å². The summed E-state index contributed by atoms with van der Waals surface area (Å²) in [4.78, 5) is 11.9. The predicted molar refractivity (Wildman–Crippen MR) is 83.9 cm³/mol. The van der Waals surface area contributed by atoms with Crippen molar-refractivity contribution in [2.75, 3.05) is 5.32 Å². The molecule has 124 valence electrons. The number of aromatic amines is 1. The second kappa shape index (κ2) is 6.56. The van der Waals surface area contributed by atoms with Gasteiger partial charge < -0.3 is 5.32 Å². The van der Waals surface area contributed by atoms with Crippen LogP contribution in [0.2, 0.25) is 0 Å². The first kappa shape index (κ1) is 16.4. The smallest absolute Gasteiger partial charge is 0.349 e. The molecular formula is C14H10BrF3N6. The Bertz CT molecular complexity index is 831. The molecule has 0 aromatic carbocycles. The van der Waals surface area contributed by atoms with Crippen LogP contribution in [-0.2, 0) is 12.7 Å². The summed E-state index contributed by atoms with van der Waals surface area (Å²) in [5.74, 6) is 0.479. The van der Waals surface area contributed by atoms with E-state index in [1.54, 1.807) is 12.1 Å². The number of hydrogen-bond acceptors (Lipinski definition) is 5. The number of anilines is 1. The molecule has 0 atom stereocenters. The van der Waals surface area contributed by atoms with Crippen LogP contribution in [0.15, 0.2) is 41.3 Å². The topological polar surface area (TPSA) is 79.4 Å². The van der Waals surface area contributed by atoms with Crippen molar-refractivity contribution < 1.29 is 13.2 Å². The monoisotopic (exact) mass is 398 g/mol. The van der Waals surface area contributed by atoms with E-state index in [4.69, 9.17) is 0 Å². The highest BCUT2D eigenvalue weighted by molar-refractivity contribution is 9.10. The molecule has 0 amide bonds. The van der Waals surface area contributed by atoms with Gasteiger partial charge in [-0.15, -0.1) is 5.10 Å². The number of H-pyrrole nitrogens is 1. The van der Waals surface area contributed by atoms with Gasteiger partial charge in [0.25, 0.3) is 0 Å². The van der Waals surface area contributed by atoms with Gasteiger partial charge in [-0.2, -0.15) is 18.2 Å². The molecule has 0 unspecified atom stereocenters. The second-order valence-corrected chi connectivity index (χ2v) is 5.46. The third-order valence-corrected chi connectivity index (χ3v) is 3.41. The van der Waals surface area contributed by atoms with E-state index in [9.17, 15) is 13.2 Å². The maximum atomic E-state index is 12.7. The molecule has 0 saturated carbocycles. The first-order chi connectivity index (χ1) is 11.4. The van der Waals surface area contributed by atoms with Gasteiger partial charge in [0.2, 0.25) is 10.7 Å². The van der Waals surface area contributed by atoms with Gasteiger partial charge in [-0.25, -0.2) is 10.1 Å². The third kappa shape index (κ3) is 3.88. The van der Waals surface area contributed by atoms with Crippen molar-refractivity contribution in [1.82, 2.24) is 25.1 Å². The molecule has 0 bridgehead atoms. The Morgan fingerprint density at radius 1 is 1.12 bits per heavy atom. The summed E-state index contributed by atoms with van der Waals surface area (Å²) in [6.45, 7) is 0.387. The lowest BCUT2D eigenvalue weighted by Crippen LogP contribution is -2.08. The molecule has 0 aliphatic heterocycles. The van der Waals surface area contributed by atoms with E-state index in [2.05, 4.69) is 46.4 Å². The van der Waals surface area contributed by atoms with E-state index < -0.39 is 11.9 Å². The minimum atomic E-state index is -4.47. The summed E-state index contributed by atoms with van der Waals surface area (Å²) >= 11 is 3.12. The third-order valence-electron chi connectivity index (χ3n) is 3.06. The zero-order chi connectivity index (χ0) is 17.2. The fourth-order valence-electron chi connectivity index (χ4n) is 1.93. The van der Waals surface area contributed by atoms with E-state index in [-0.39, 0.29) is 5.69 Å². The van der Waals surface area contributed by atoms with Gasteiger partial charge in [-0.1, -0.05) is 6.07 Å². The molecule has 0 radical (unpaired) electrons. The van der Waals surface area contributed by atoms with Gasteiger partial charge in [-0.05, 0) is 40.2 Å². The van der Waals surface area contributed by atoms with E-state index in [0.29, 0.717) is 28.5 Å². The molecule has 2 N–H and O–H groups in total. The van der Waals surface area contributed by atoms with Crippen LogP contribution >= 0.6 is 15.9 Å². The Kier molecular flexibility index (Phi) is 4.47. The van der Waals surface area contributed by atoms with Crippen LogP contribution in [0.1, 0.15) is 11.4 Å². The van der Waals surface area contributed by atoms with Crippen molar-refractivity contribution in [2.24, 2.45) is 0 Å². The zero-order valence-corrected chi connectivity index (χ0v) is 13.6. The summed E-state index contributed by atoms with van der Waals surface area (Å²) in [6, 6.07) is 7.14. The Morgan fingerprint density at radius 2 is 1.96 bits per heavy atom. The summed E-state index contributed by atoms with van der Waals surface area (Å²) in [5, 5.41) is 9.46. The van der Waals surface area contributed by atoms with Gasteiger partial charge in [0, 0.05) is 11.8 Å². The van der Waals surface area contributed by atoms with Gasteiger partial charge >= 0.3 is 6.18 Å². The summed E-state index contributed by atoms with van der Waals surface area (Å²) < 4.78 is 38.6. The van der Waals surface area contributed by atoms with Crippen LogP contribution in [0.3, 0.4) is 0 Å². The maximum Gasteiger partial charge on any atom is 0.433 e. The van der Waals surface area contributed by atoms with Crippen LogP contribution in [0.25, 0.3) is 11.3 Å². The first-order valence-electron chi connectivity index (χ1n) is 6.73. The molecule has 10 heteroatoms. The fraction of sp³-hybridized carbons (Fsp3) is 0.143. The van der Waals surface area contributed by atoms with Crippen molar-refractivity contribution in [3.63, 3.8) is 0 Å². The maximum absolute atomic E-state index is 12.7. The molecule has 3 aromatic heterocycles. The number of alkyl halides is 3. The standard InChI is InChI=1S/C14H10BrF3N6/c15-12-22-13(24-23-12)20-7-9-5-4-8(6-19-9)10-2-1-3-11(21-10)14(16,17)18/h1-6H,7H2,(H2,20,22,23,24). The van der Waals surface area contributed by atoms with Crippen molar-refractivity contribution in [1.29, 1.82) is 0 Å². The van der Waals surface area contributed by atoms with E-state index in [1.165, 1.54) is 18.3 Å². The Hall–Kier alpha value is -2.49. The molecule has 6 nitrogen and oxygen atoms in total.